The standard InChI is InChI=1S/C20H23BrN2O3/c21-14-6-3-5-13(11-14)20(9-4-10-20)22-17(24)12-23-18(25)15-7-1-2-8-16(15)19(23)26/h3,5-6,11,15-16H,1-2,4,7-10,12H2,(H,22,24)/t15-,16+. The van der Waals surface area contributed by atoms with Gasteiger partial charge in [0.25, 0.3) is 0 Å². The second kappa shape index (κ2) is 6.80. The van der Waals surface area contributed by atoms with Crippen LogP contribution in [0.1, 0.15) is 50.5 Å². The molecule has 0 bridgehead atoms. The van der Waals surface area contributed by atoms with Crippen molar-refractivity contribution in [1.82, 2.24) is 10.2 Å². The number of hydrogen-bond donors (Lipinski definition) is 1. The third kappa shape index (κ3) is 2.98. The Morgan fingerprint density at radius 3 is 2.31 bits per heavy atom. The highest BCUT2D eigenvalue weighted by Gasteiger charge is 2.49. The quantitative estimate of drug-likeness (QED) is 0.763. The van der Waals surface area contributed by atoms with Crippen molar-refractivity contribution < 1.29 is 14.4 Å². The Morgan fingerprint density at radius 1 is 1.12 bits per heavy atom. The number of amides is 3. The van der Waals surface area contributed by atoms with Gasteiger partial charge in [0.05, 0.1) is 17.4 Å². The molecule has 2 atom stereocenters. The predicted molar refractivity (Wildman–Crippen MR) is 100.0 cm³/mol. The van der Waals surface area contributed by atoms with Crippen LogP contribution in [0.3, 0.4) is 0 Å². The van der Waals surface area contributed by atoms with Gasteiger partial charge in [0.2, 0.25) is 17.7 Å². The van der Waals surface area contributed by atoms with E-state index in [4.69, 9.17) is 0 Å². The fourth-order valence-electron chi connectivity index (χ4n) is 4.64. The van der Waals surface area contributed by atoms with Crippen molar-refractivity contribution in [3.05, 3.63) is 34.3 Å². The fourth-order valence-corrected chi connectivity index (χ4v) is 5.04. The third-order valence-corrected chi connectivity index (χ3v) is 6.69. The molecule has 0 aromatic heterocycles. The minimum Gasteiger partial charge on any atom is -0.345 e. The van der Waals surface area contributed by atoms with E-state index in [1.54, 1.807) is 0 Å². The van der Waals surface area contributed by atoms with Gasteiger partial charge in [0.1, 0.15) is 6.54 Å². The Morgan fingerprint density at radius 2 is 1.77 bits per heavy atom. The van der Waals surface area contributed by atoms with E-state index in [9.17, 15) is 14.4 Å². The van der Waals surface area contributed by atoms with Gasteiger partial charge < -0.3 is 5.32 Å². The molecule has 3 aliphatic rings. The highest BCUT2D eigenvalue weighted by Crippen LogP contribution is 2.42. The van der Waals surface area contributed by atoms with E-state index in [1.165, 1.54) is 4.90 Å². The van der Waals surface area contributed by atoms with Gasteiger partial charge in [-0.15, -0.1) is 0 Å². The number of halogens is 1. The van der Waals surface area contributed by atoms with Crippen LogP contribution in [0.4, 0.5) is 0 Å². The molecule has 2 aliphatic carbocycles. The van der Waals surface area contributed by atoms with Crippen LogP contribution >= 0.6 is 15.9 Å². The first-order valence-electron chi connectivity index (χ1n) is 9.42. The summed E-state index contributed by atoms with van der Waals surface area (Å²) in [7, 11) is 0. The Balaban J connectivity index is 1.47. The molecule has 138 valence electrons. The van der Waals surface area contributed by atoms with Crippen molar-refractivity contribution in [3.8, 4) is 0 Å². The lowest BCUT2D eigenvalue weighted by Crippen LogP contribution is -2.53. The number of benzene rings is 1. The third-order valence-electron chi connectivity index (χ3n) is 6.20. The topological polar surface area (TPSA) is 66.5 Å². The van der Waals surface area contributed by atoms with E-state index in [2.05, 4.69) is 21.2 Å². The molecule has 0 unspecified atom stereocenters. The maximum Gasteiger partial charge on any atom is 0.240 e. The second-order valence-electron chi connectivity index (χ2n) is 7.75. The number of nitrogens with zero attached hydrogens (tertiary/aromatic N) is 1. The van der Waals surface area contributed by atoms with Gasteiger partial charge in [-0.25, -0.2) is 0 Å². The highest BCUT2D eigenvalue weighted by atomic mass is 79.9. The van der Waals surface area contributed by atoms with E-state index in [1.807, 2.05) is 24.3 Å². The molecule has 0 spiro atoms. The molecule has 4 rings (SSSR count). The average molecular weight is 419 g/mol. The van der Waals surface area contributed by atoms with Gasteiger partial charge in [-0.05, 0) is 49.8 Å². The molecule has 26 heavy (non-hydrogen) atoms. The van der Waals surface area contributed by atoms with Crippen LogP contribution in [0.25, 0.3) is 0 Å². The summed E-state index contributed by atoms with van der Waals surface area (Å²) in [6.07, 6.45) is 6.34. The Bertz CT molecular complexity index is 735. The summed E-state index contributed by atoms with van der Waals surface area (Å²) < 4.78 is 0.976. The Kier molecular flexibility index (Phi) is 4.63. The van der Waals surface area contributed by atoms with Crippen LogP contribution in [0.15, 0.2) is 28.7 Å². The lowest BCUT2D eigenvalue weighted by Gasteiger charge is -2.43. The monoisotopic (exact) mass is 418 g/mol. The second-order valence-corrected chi connectivity index (χ2v) is 8.67. The molecule has 5 nitrogen and oxygen atoms in total. The highest BCUT2D eigenvalue weighted by molar-refractivity contribution is 9.10. The molecule has 1 aromatic carbocycles. The van der Waals surface area contributed by atoms with E-state index < -0.39 is 0 Å². The van der Waals surface area contributed by atoms with Crippen molar-refractivity contribution in [2.24, 2.45) is 11.8 Å². The van der Waals surface area contributed by atoms with Crippen molar-refractivity contribution >= 4 is 33.7 Å². The van der Waals surface area contributed by atoms with Gasteiger partial charge in [-0.1, -0.05) is 40.9 Å². The minimum atomic E-state index is -0.376. The summed E-state index contributed by atoms with van der Waals surface area (Å²) >= 11 is 3.49. The zero-order valence-corrected chi connectivity index (χ0v) is 16.3. The molecule has 3 amide bonds. The van der Waals surface area contributed by atoms with Crippen molar-refractivity contribution in [2.45, 2.75) is 50.5 Å². The van der Waals surface area contributed by atoms with Crippen LogP contribution in [0, 0.1) is 11.8 Å². The summed E-state index contributed by atoms with van der Waals surface area (Å²) in [6, 6.07) is 7.97. The zero-order valence-electron chi connectivity index (χ0n) is 14.7. The van der Waals surface area contributed by atoms with Crippen molar-refractivity contribution in [1.29, 1.82) is 0 Å². The Hall–Kier alpha value is -1.69. The lowest BCUT2D eigenvalue weighted by molar-refractivity contribution is -0.144. The molecule has 1 saturated heterocycles. The van der Waals surface area contributed by atoms with Crippen LogP contribution in [0.5, 0.6) is 0 Å². The molecule has 1 heterocycles. The van der Waals surface area contributed by atoms with Crippen molar-refractivity contribution in [3.63, 3.8) is 0 Å². The maximum absolute atomic E-state index is 12.7. The van der Waals surface area contributed by atoms with Gasteiger partial charge in [-0.2, -0.15) is 0 Å². The zero-order chi connectivity index (χ0) is 18.3. The van der Waals surface area contributed by atoms with Gasteiger partial charge in [0, 0.05) is 4.47 Å². The normalized spacial score (nSPS) is 27.0. The average Bonchev–Trinajstić information content (AvgIpc) is 2.83. The van der Waals surface area contributed by atoms with Crippen LogP contribution < -0.4 is 5.32 Å². The number of likely N-dealkylation sites (tertiary alicyclic amines) is 1. The smallest absolute Gasteiger partial charge is 0.240 e. The number of carbonyl (C=O) groups is 3. The van der Waals surface area contributed by atoms with E-state index in [0.717, 1.165) is 55.0 Å². The van der Waals surface area contributed by atoms with E-state index >= 15 is 0 Å². The number of fused-ring (bicyclic) bond motifs is 1. The number of rotatable bonds is 4. The first kappa shape index (κ1) is 17.7. The van der Waals surface area contributed by atoms with Crippen molar-refractivity contribution in [2.75, 3.05) is 6.54 Å². The summed E-state index contributed by atoms with van der Waals surface area (Å²) in [6.45, 7) is -0.152. The molecule has 3 fully saturated rings. The molecule has 1 N–H and O–H groups in total. The van der Waals surface area contributed by atoms with Gasteiger partial charge in [-0.3, -0.25) is 19.3 Å². The fraction of sp³-hybridized carbons (Fsp3) is 0.550. The van der Waals surface area contributed by atoms with Gasteiger partial charge in [0.15, 0.2) is 0 Å². The Labute approximate surface area is 161 Å². The van der Waals surface area contributed by atoms with Crippen LogP contribution in [-0.2, 0) is 19.9 Å². The first-order chi connectivity index (χ1) is 12.5. The summed E-state index contributed by atoms with van der Waals surface area (Å²) in [4.78, 5) is 39.0. The van der Waals surface area contributed by atoms with Crippen LogP contribution in [-0.4, -0.2) is 29.2 Å². The molecule has 2 saturated carbocycles. The van der Waals surface area contributed by atoms with E-state index in [0.29, 0.717) is 0 Å². The molecule has 6 heteroatoms. The number of nitrogens with one attached hydrogen (secondary N) is 1. The molecule has 1 aliphatic heterocycles. The maximum atomic E-state index is 12.7. The van der Waals surface area contributed by atoms with E-state index in [-0.39, 0.29) is 41.6 Å². The molecule has 0 radical (unpaired) electrons. The summed E-state index contributed by atoms with van der Waals surface area (Å²) in [5.74, 6) is -0.955. The number of hydrogen-bond acceptors (Lipinski definition) is 3. The SMILES string of the molecule is O=C(CN1C(=O)[C@H]2CCCC[C@H]2C1=O)NC1(c2cccc(Br)c2)CCC1. The molecule has 1 aromatic rings. The minimum absolute atomic E-state index is 0.152. The first-order valence-corrected chi connectivity index (χ1v) is 10.2. The van der Waals surface area contributed by atoms with Gasteiger partial charge >= 0.3 is 0 Å². The molecular formula is C20H23BrN2O3. The lowest BCUT2D eigenvalue weighted by atomic mass is 9.72. The number of imide groups is 1. The van der Waals surface area contributed by atoms with Crippen LogP contribution in [0.2, 0.25) is 0 Å². The number of carbonyl (C=O) groups excluding carboxylic acids is 3. The summed E-state index contributed by atoms with van der Waals surface area (Å²) in [5, 5.41) is 3.12. The molecular weight excluding hydrogens is 396 g/mol. The predicted octanol–water partition coefficient (Wildman–Crippen LogP) is 3.12. The largest absolute Gasteiger partial charge is 0.345 e. The summed E-state index contributed by atoms with van der Waals surface area (Å²) in [5.41, 5.74) is 0.693.